The minimum atomic E-state index is -3.90. The van der Waals surface area contributed by atoms with E-state index in [0.29, 0.717) is 0 Å². The third kappa shape index (κ3) is 2.69. The quantitative estimate of drug-likeness (QED) is 0.876. The molecule has 0 saturated heterocycles. The van der Waals surface area contributed by atoms with Gasteiger partial charge in [-0.15, -0.1) is 0 Å². The third-order valence-electron chi connectivity index (χ3n) is 1.90. The van der Waals surface area contributed by atoms with Crippen LogP contribution in [0.25, 0.3) is 0 Å². The van der Waals surface area contributed by atoms with Crippen LogP contribution < -0.4 is 4.72 Å². The lowest BCUT2D eigenvalue weighted by Gasteiger charge is -2.08. The minimum Gasteiger partial charge on any atom is -0.261 e. The zero-order chi connectivity index (χ0) is 13.2. The van der Waals surface area contributed by atoms with Crippen molar-refractivity contribution in [1.29, 1.82) is 0 Å². The summed E-state index contributed by atoms with van der Waals surface area (Å²) in [6.07, 6.45) is 4.04. The fourth-order valence-corrected chi connectivity index (χ4v) is 2.82. The highest BCUT2D eigenvalue weighted by Gasteiger charge is 2.20. The maximum Gasteiger partial charge on any atom is 0.266 e. The molecule has 6 nitrogen and oxygen atoms in total. The molecule has 0 aliphatic rings. The van der Waals surface area contributed by atoms with Crippen molar-refractivity contribution in [1.82, 2.24) is 15.0 Å². The molecule has 2 aromatic rings. The van der Waals surface area contributed by atoms with Gasteiger partial charge >= 0.3 is 0 Å². The van der Waals surface area contributed by atoms with Crippen molar-refractivity contribution in [2.75, 3.05) is 4.72 Å². The van der Waals surface area contributed by atoms with E-state index in [4.69, 9.17) is 23.2 Å². The summed E-state index contributed by atoms with van der Waals surface area (Å²) >= 11 is 11.4. The number of hydrogen-bond acceptors (Lipinski definition) is 5. The lowest BCUT2D eigenvalue weighted by atomic mass is 10.5. The van der Waals surface area contributed by atoms with Crippen LogP contribution in [0.3, 0.4) is 0 Å². The Bertz CT molecular complexity index is 678. The van der Waals surface area contributed by atoms with Crippen LogP contribution in [0, 0.1) is 0 Å². The van der Waals surface area contributed by atoms with Gasteiger partial charge in [-0.05, 0) is 12.1 Å². The maximum absolute atomic E-state index is 12.0. The number of halogens is 2. The number of rotatable bonds is 3. The van der Waals surface area contributed by atoms with Crippen LogP contribution >= 0.6 is 23.2 Å². The molecule has 0 spiro atoms. The Morgan fingerprint density at radius 2 is 1.67 bits per heavy atom. The summed E-state index contributed by atoms with van der Waals surface area (Å²) < 4.78 is 26.2. The number of nitrogens with zero attached hydrogens (tertiary/aromatic N) is 3. The Labute approximate surface area is 113 Å². The number of nitrogens with one attached hydrogen (secondary N) is 1. The summed E-state index contributed by atoms with van der Waals surface area (Å²) in [5.41, 5.74) is 0. The second-order valence-electron chi connectivity index (χ2n) is 3.09. The highest BCUT2D eigenvalue weighted by molar-refractivity contribution is 7.92. The summed E-state index contributed by atoms with van der Waals surface area (Å²) in [4.78, 5) is 11.0. The molecule has 0 aliphatic heterocycles. The van der Waals surface area contributed by atoms with Gasteiger partial charge in [0.25, 0.3) is 10.0 Å². The zero-order valence-electron chi connectivity index (χ0n) is 8.71. The van der Waals surface area contributed by atoms with Crippen molar-refractivity contribution in [3.05, 3.63) is 41.0 Å². The van der Waals surface area contributed by atoms with Gasteiger partial charge in [0, 0.05) is 18.6 Å². The van der Waals surface area contributed by atoms with E-state index in [1.165, 1.54) is 30.7 Å². The zero-order valence-corrected chi connectivity index (χ0v) is 11.0. The Morgan fingerprint density at radius 3 is 2.33 bits per heavy atom. The van der Waals surface area contributed by atoms with Crippen LogP contribution in [0.4, 0.5) is 5.82 Å². The van der Waals surface area contributed by atoms with E-state index >= 15 is 0 Å². The fourth-order valence-electron chi connectivity index (χ4n) is 1.14. The van der Waals surface area contributed by atoms with Gasteiger partial charge in [-0.25, -0.2) is 23.4 Å². The molecule has 0 amide bonds. The molecule has 9 heteroatoms. The highest BCUT2D eigenvalue weighted by Crippen LogP contribution is 2.22. The molecule has 2 rings (SSSR count). The Hall–Kier alpha value is -1.44. The van der Waals surface area contributed by atoms with E-state index in [2.05, 4.69) is 19.7 Å². The Morgan fingerprint density at radius 1 is 1.00 bits per heavy atom. The lowest BCUT2D eigenvalue weighted by Crippen LogP contribution is -2.15. The molecule has 94 valence electrons. The summed E-state index contributed by atoms with van der Waals surface area (Å²) in [6, 6.07) is 2.78. The van der Waals surface area contributed by atoms with Crippen molar-refractivity contribution in [3.8, 4) is 0 Å². The van der Waals surface area contributed by atoms with Gasteiger partial charge in [0.1, 0.15) is 10.0 Å². The Balaban J connectivity index is 2.40. The minimum absolute atomic E-state index is 0.0545. The van der Waals surface area contributed by atoms with E-state index in [1.54, 1.807) is 0 Å². The second kappa shape index (κ2) is 5.05. The van der Waals surface area contributed by atoms with Crippen LogP contribution in [0.5, 0.6) is 0 Å². The predicted molar refractivity (Wildman–Crippen MR) is 67.1 cm³/mol. The number of anilines is 1. The van der Waals surface area contributed by atoms with Crippen molar-refractivity contribution < 1.29 is 8.42 Å². The molecule has 0 radical (unpaired) electrons. The number of hydrogen-bond donors (Lipinski definition) is 1. The first-order valence-electron chi connectivity index (χ1n) is 4.60. The molecule has 0 saturated carbocycles. The van der Waals surface area contributed by atoms with E-state index in [1.807, 2.05) is 0 Å². The van der Waals surface area contributed by atoms with Gasteiger partial charge in [-0.1, -0.05) is 23.2 Å². The first-order chi connectivity index (χ1) is 8.50. The van der Waals surface area contributed by atoms with E-state index in [0.717, 1.165) is 0 Å². The van der Waals surface area contributed by atoms with Gasteiger partial charge in [0.2, 0.25) is 0 Å². The van der Waals surface area contributed by atoms with Crippen LogP contribution in [-0.2, 0) is 10.0 Å². The fraction of sp³-hybridized carbons (Fsp3) is 0. The summed E-state index contributed by atoms with van der Waals surface area (Å²) in [5.74, 6) is -0.0703. The maximum atomic E-state index is 12.0. The molecule has 0 atom stereocenters. The molecule has 2 heterocycles. The van der Waals surface area contributed by atoms with Crippen molar-refractivity contribution in [2.45, 2.75) is 4.90 Å². The highest BCUT2D eigenvalue weighted by atomic mass is 35.5. The van der Waals surface area contributed by atoms with Crippen molar-refractivity contribution in [3.63, 3.8) is 0 Å². The largest absolute Gasteiger partial charge is 0.266 e. The van der Waals surface area contributed by atoms with Gasteiger partial charge in [0.05, 0.1) is 0 Å². The van der Waals surface area contributed by atoms with E-state index in [-0.39, 0.29) is 21.0 Å². The molecule has 0 aliphatic carbocycles. The number of pyridine rings is 1. The van der Waals surface area contributed by atoms with Crippen molar-refractivity contribution >= 4 is 39.0 Å². The van der Waals surface area contributed by atoms with Crippen LogP contribution in [0.15, 0.2) is 35.6 Å². The van der Waals surface area contributed by atoms with Gasteiger partial charge in [-0.3, -0.25) is 4.72 Å². The third-order valence-corrected chi connectivity index (χ3v) is 3.96. The van der Waals surface area contributed by atoms with Crippen molar-refractivity contribution in [2.24, 2.45) is 0 Å². The normalized spacial score (nSPS) is 11.2. The van der Waals surface area contributed by atoms with Crippen LogP contribution in [0.2, 0.25) is 10.3 Å². The van der Waals surface area contributed by atoms with Gasteiger partial charge in [0.15, 0.2) is 11.0 Å². The predicted octanol–water partition coefficient (Wildman–Crippen LogP) is 1.98. The van der Waals surface area contributed by atoms with Gasteiger partial charge < -0.3 is 0 Å². The van der Waals surface area contributed by atoms with Gasteiger partial charge in [-0.2, -0.15) is 0 Å². The molecular weight excluding hydrogens is 299 g/mol. The monoisotopic (exact) mass is 304 g/mol. The summed E-state index contributed by atoms with van der Waals surface area (Å²) in [6.45, 7) is 0. The molecule has 18 heavy (non-hydrogen) atoms. The SMILES string of the molecule is O=S(=O)(Nc1nccnc1Cl)c1cccnc1Cl. The number of sulfonamides is 1. The molecular formula is C9H6Cl2N4O2S. The summed E-state index contributed by atoms with van der Waals surface area (Å²) in [7, 11) is -3.90. The first-order valence-corrected chi connectivity index (χ1v) is 6.84. The average molecular weight is 305 g/mol. The molecule has 2 aromatic heterocycles. The van der Waals surface area contributed by atoms with E-state index < -0.39 is 10.0 Å². The molecule has 0 fully saturated rings. The summed E-state index contributed by atoms with van der Waals surface area (Å²) in [5, 5.41) is -0.189. The van der Waals surface area contributed by atoms with Crippen LogP contribution in [0.1, 0.15) is 0 Å². The molecule has 0 unspecified atom stereocenters. The molecule has 0 bridgehead atoms. The molecule has 1 N–H and O–H groups in total. The molecule has 0 aromatic carbocycles. The first kappa shape index (κ1) is 13.0. The average Bonchev–Trinajstić information content (AvgIpc) is 2.32. The number of aromatic nitrogens is 3. The topological polar surface area (TPSA) is 84.8 Å². The second-order valence-corrected chi connectivity index (χ2v) is 5.46. The van der Waals surface area contributed by atoms with E-state index in [9.17, 15) is 8.42 Å². The Kier molecular flexibility index (Phi) is 3.65. The van der Waals surface area contributed by atoms with Crippen LogP contribution in [-0.4, -0.2) is 23.4 Å². The standard InChI is InChI=1S/C9H6Cl2N4O2S/c10-7-6(2-1-3-12-7)18(16,17)15-9-8(11)13-4-5-14-9/h1-5H,(H,14,15). The lowest BCUT2D eigenvalue weighted by molar-refractivity contribution is 0.600. The smallest absolute Gasteiger partial charge is 0.261 e.